The number of hydrogen-bond acceptors (Lipinski definition) is 4. The Balaban J connectivity index is 2.12. The number of nitrogens with two attached hydrogens (primary N) is 2. The first-order chi connectivity index (χ1) is 10.5. The molecule has 0 bridgehead atoms. The summed E-state index contributed by atoms with van der Waals surface area (Å²) in [6.45, 7) is 0.820. The molecule has 0 saturated heterocycles. The van der Waals surface area contributed by atoms with Crippen LogP contribution in [-0.2, 0) is 22.9 Å². The molecule has 5 nitrogen and oxygen atoms in total. The summed E-state index contributed by atoms with van der Waals surface area (Å²) < 4.78 is 29.0. The normalized spacial score (nSPS) is 11.4. The summed E-state index contributed by atoms with van der Waals surface area (Å²) in [5.41, 5.74) is 7.44. The van der Waals surface area contributed by atoms with Gasteiger partial charge in [0.05, 0.1) is 6.61 Å². The molecule has 0 heterocycles. The van der Waals surface area contributed by atoms with Gasteiger partial charge in [0, 0.05) is 6.42 Å². The van der Waals surface area contributed by atoms with E-state index in [0.29, 0.717) is 26.0 Å². The number of hydrogen-bond donors (Lipinski definition) is 2. The summed E-state index contributed by atoms with van der Waals surface area (Å²) in [6, 6.07) is 14.8. The summed E-state index contributed by atoms with van der Waals surface area (Å²) in [5, 5.41) is 5.27. The minimum atomic E-state index is -3.84. The molecule has 2 rings (SSSR count). The van der Waals surface area contributed by atoms with Gasteiger partial charge in [0.2, 0.25) is 10.0 Å². The van der Waals surface area contributed by atoms with E-state index in [1.165, 1.54) is 6.07 Å². The number of sulfonamides is 1. The van der Waals surface area contributed by atoms with Gasteiger partial charge in [-0.05, 0) is 36.2 Å². The van der Waals surface area contributed by atoms with Crippen LogP contribution in [0.1, 0.15) is 11.1 Å². The maximum absolute atomic E-state index is 11.7. The Morgan fingerprint density at radius 3 is 2.32 bits per heavy atom. The molecule has 0 aliphatic carbocycles. The fourth-order valence-corrected chi connectivity index (χ4v) is 2.86. The van der Waals surface area contributed by atoms with Gasteiger partial charge in [-0.2, -0.15) is 0 Å². The van der Waals surface area contributed by atoms with Crippen molar-refractivity contribution in [1.82, 2.24) is 0 Å². The van der Waals surface area contributed by atoms with E-state index in [0.717, 1.165) is 11.1 Å². The van der Waals surface area contributed by atoms with Gasteiger partial charge >= 0.3 is 0 Å². The van der Waals surface area contributed by atoms with Gasteiger partial charge in [-0.25, -0.2) is 13.6 Å². The lowest BCUT2D eigenvalue weighted by Crippen LogP contribution is -2.15. The molecule has 2 aromatic rings. The van der Waals surface area contributed by atoms with Gasteiger partial charge in [-0.3, -0.25) is 0 Å². The van der Waals surface area contributed by atoms with Crippen molar-refractivity contribution in [2.24, 2.45) is 10.9 Å². The molecule has 0 amide bonds. The molecule has 118 valence electrons. The third-order valence-corrected chi connectivity index (χ3v) is 4.17. The quantitative estimate of drug-likeness (QED) is 0.807. The van der Waals surface area contributed by atoms with E-state index in [-0.39, 0.29) is 10.6 Å². The summed E-state index contributed by atoms with van der Waals surface area (Å²) in [6.07, 6.45) is 1.28. The lowest BCUT2D eigenvalue weighted by molar-refractivity contribution is 0.313. The Morgan fingerprint density at radius 1 is 0.955 bits per heavy atom. The molecule has 6 heteroatoms. The Morgan fingerprint density at radius 2 is 1.68 bits per heavy atom. The fraction of sp³-hybridized carbons (Fsp3) is 0.250. The van der Waals surface area contributed by atoms with Crippen molar-refractivity contribution in [3.8, 4) is 5.75 Å². The van der Waals surface area contributed by atoms with Crippen LogP contribution in [0.15, 0.2) is 53.4 Å². The Bertz CT molecular complexity index is 715. The van der Waals surface area contributed by atoms with Crippen LogP contribution >= 0.6 is 0 Å². The molecule has 0 aromatic heterocycles. The van der Waals surface area contributed by atoms with E-state index in [1.807, 2.05) is 30.3 Å². The Hall–Kier alpha value is -1.89. The third-order valence-electron chi connectivity index (χ3n) is 3.24. The van der Waals surface area contributed by atoms with E-state index >= 15 is 0 Å². The smallest absolute Gasteiger partial charge is 0.241 e. The number of benzene rings is 2. The Kier molecular flexibility index (Phi) is 5.54. The topological polar surface area (TPSA) is 95.4 Å². The molecule has 4 N–H and O–H groups in total. The maximum atomic E-state index is 11.7. The van der Waals surface area contributed by atoms with E-state index < -0.39 is 10.0 Å². The zero-order valence-electron chi connectivity index (χ0n) is 12.2. The van der Waals surface area contributed by atoms with E-state index in [2.05, 4.69) is 0 Å². The zero-order chi connectivity index (χ0) is 16.0. The molecule has 0 aliphatic heterocycles. The van der Waals surface area contributed by atoms with Crippen LogP contribution in [0, 0.1) is 0 Å². The first kappa shape index (κ1) is 16.5. The molecule has 22 heavy (non-hydrogen) atoms. The van der Waals surface area contributed by atoms with E-state index in [9.17, 15) is 8.42 Å². The highest BCUT2D eigenvalue weighted by molar-refractivity contribution is 7.89. The van der Waals surface area contributed by atoms with Crippen LogP contribution in [-0.4, -0.2) is 21.6 Å². The molecule has 0 atom stereocenters. The van der Waals surface area contributed by atoms with Crippen LogP contribution in [0.25, 0.3) is 0 Å². The first-order valence-electron chi connectivity index (χ1n) is 7.03. The van der Waals surface area contributed by atoms with Crippen LogP contribution in [0.4, 0.5) is 0 Å². The van der Waals surface area contributed by atoms with Crippen LogP contribution in [0.2, 0.25) is 0 Å². The molecular formula is C16H20N2O3S. The van der Waals surface area contributed by atoms with Gasteiger partial charge < -0.3 is 10.5 Å². The number of ether oxygens (including phenoxy) is 1. The highest BCUT2D eigenvalue weighted by Gasteiger charge is 2.16. The van der Waals surface area contributed by atoms with Crippen molar-refractivity contribution in [3.05, 3.63) is 59.7 Å². The first-order valence-corrected chi connectivity index (χ1v) is 8.58. The molecule has 0 radical (unpaired) electrons. The van der Waals surface area contributed by atoms with Gasteiger partial charge in [0.25, 0.3) is 0 Å². The largest absolute Gasteiger partial charge is 0.492 e. The van der Waals surface area contributed by atoms with Gasteiger partial charge in [-0.1, -0.05) is 36.4 Å². The molecule has 0 unspecified atom stereocenters. The van der Waals surface area contributed by atoms with Crippen molar-refractivity contribution >= 4 is 10.0 Å². The number of primary sulfonamides is 1. The van der Waals surface area contributed by atoms with Crippen LogP contribution < -0.4 is 15.6 Å². The van der Waals surface area contributed by atoms with E-state index in [1.54, 1.807) is 12.1 Å². The molecule has 0 aliphatic rings. The average Bonchev–Trinajstić information content (AvgIpc) is 2.49. The lowest BCUT2D eigenvalue weighted by Gasteiger charge is -2.12. The minimum absolute atomic E-state index is 0.00603. The second-order valence-electron chi connectivity index (χ2n) is 4.95. The molecular weight excluding hydrogens is 300 g/mol. The standard InChI is InChI=1S/C16H20N2O3S/c17-10-8-14-6-7-15(16(12-14)22(18,19)20)21-11-9-13-4-2-1-3-5-13/h1-7,12H,8-11,17H2,(H2,18,19,20). The average molecular weight is 320 g/mol. The lowest BCUT2D eigenvalue weighted by atomic mass is 10.1. The molecule has 0 fully saturated rings. The number of rotatable bonds is 7. The summed E-state index contributed by atoms with van der Waals surface area (Å²) >= 11 is 0. The van der Waals surface area contributed by atoms with Crippen molar-refractivity contribution in [2.75, 3.05) is 13.2 Å². The highest BCUT2D eigenvalue weighted by Crippen LogP contribution is 2.24. The second kappa shape index (κ2) is 7.40. The summed E-state index contributed by atoms with van der Waals surface area (Å²) in [4.78, 5) is 0.00603. The fourth-order valence-electron chi connectivity index (χ4n) is 2.14. The van der Waals surface area contributed by atoms with Gasteiger partial charge in [0.1, 0.15) is 10.6 Å². The molecule has 0 saturated carbocycles. The third kappa shape index (κ3) is 4.56. The molecule has 2 aromatic carbocycles. The maximum Gasteiger partial charge on any atom is 0.241 e. The van der Waals surface area contributed by atoms with Crippen LogP contribution in [0.3, 0.4) is 0 Å². The highest BCUT2D eigenvalue weighted by atomic mass is 32.2. The predicted octanol–water partition coefficient (Wildman–Crippen LogP) is 1.46. The minimum Gasteiger partial charge on any atom is -0.492 e. The summed E-state index contributed by atoms with van der Waals surface area (Å²) in [5.74, 6) is 0.277. The predicted molar refractivity (Wildman–Crippen MR) is 86.2 cm³/mol. The summed E-state index contributed by atoms with van der Waals surface area (Å²) in [7, 11) is -3.84. The van der Waals surface area contributed by atoms with Crippen molar-refractivity contribution in [2.45, 2.75) is 17.7 Å². The van der Waals surface area contributed by atoms with Gasteiger partial charge in [-0.15, -0.1) is 0 Å². The SMILES string of the molecule is NCCc1ccc(OCCc2ccccc2)c(S(N)(=O)=O)c1. The Labute approximate surface area is 131 Å². The van der Waals surface area contributed by atoms with Gasteiger partial charge in [0.15, 0.2) is 0 Å². The van der Waals surface area contributed by atoms with Crippen molar-refractivity contribution in [3.63, 3.8) is 0 Å². The van der Waals surface area contributed by atoms with Crippen molar-refractivity contribution in [1.29, 1.82) is 0 Å². The molecule has 0 spiro atoms. The van der Waals surface area contributed by atoms with E-state index in [4.69, 9.17) is 15.6 Å². The second-order valence-corrected chi connectivity index (χ2v) is 6.48. The monoisotopic (exact) mass is 320 g/mol. The zero-order valence-corrected chi connectivity index (χ0v) is 13.1. The van der Waals surface area contributed by atoms with Crippen LogP contribution in [0.5, 0.6) is 5.75 Å². The van der Waals surface area contributed by atoms with Crippen molar-refractivity contribution < 1.29 is 13.2 Å².